The van der Waals surface area contributed by atoms with Crippen molar-refractivity contribution in [3.8, 4) is 0 Å². The largest absolute Gasteiger partial charge is 0.380 e. The fourth-order valence-electron chi connectivity index (χ4n) is 3.19. The topological polar surface area (TPSA) is 40.1 Å². The maximum absolute atomic E-state index is 5.34. The monoisotopic (exact) mass is 458 g/mol. The highest BCUT2D eigenvalue weighted by Gasteiger charge is 2.33. The molecule has 0 aliphatic carbocycles. The molecule has 2 aliphatic rings. The number of guanidine groups is 1. The van der Waals surface area contributed by atoms with Crippen LogP contribution >= 0.6 is 24.0 Å². The van der Waals surface area contributed by atoms with Gasteiger partial charge in [-0.3, -0.25) is 9.89 Å². The number of ether oxygens (including phenoxy) is 1. The van der Waals surface area contributed by atoms with Gasteiger partial charge in [0, 0.05) is 44.7 Å². The van der Waals surface area contributed by atoms with Crippen molar-refractivity contribution in [3.63, 3.8) is 0 Å². The van der Waals surface area contributed by atoms with Crippen LogP contribution in [0.3, 0.4) is 0 Å². The van der Waals surface area contributed by atoms with Crippen LogP contribution in [0.2, 0.25) is 0 Å². The Labute approximate surface area is 168 Å². The third-order valence-electron chi connectivity index (χ3n) is 4.77. The van der Waals surface area contributed by atoms with E-state index in [1.54, 1.807) is 0 Å². The van der Waals surface area contributed by atoms with E-state index in [1.165, 1.54) is 5.56 Å². The van der Waals surface area contributed by atoms with Crippen molar-refractivity contribution in [2.45, 2.75) is 20.4 Å². The summed E-state index contributed by atoms with van der Waals surface area (Å²) in [6.07, 6.45) is 0. The lowest BCUT2D eigenvalue weighted by atomic mass is 9.89. The number of halogens is 1. The molecule has 1 aromatic carbocycles. The molecule has 2 saturated heterocycles. The molecule has 1 N–H and O–H groups in total. The van der Waals surface area contributed by atoms with Crippen molar-refractivity contribution >= 4 is 29.9 Å². The van der Waals surface area contributed by atoms with Crippen LogP contribution in [0.4, 0.5) is 0 Å². The average Bonchev–Trinajstić information content (AvgIpc) is 2.59. The molecule has 0 radical (unpaired) electrons. The molecule has 2 heterocycles. The number of rotatable bonds is 5. The van der Waals surface area contributed by atoms with Crippen LogP contribution in [-0.4, -0.2) is 68.2 Å². The second-order valence-corrected chi connectivity index (χ2v) is 7.22. The fourth-order valence-corrected chi connectivity index (χ4v) is 3.19. The number of nitrogens with zero attached hydrogens (tertiary/aromatic N) is 3. The minimum absolute atomic E-state index is 0. The van der Waals surface area contributed by atoms with Gasteiger partial charge >= 0.3 is 0 Å². The van der Waals surface area contributed by atoms with Crippen molar-refractivity contribution in [3.05, 3.63) is 35.9 Å². The molecule has 5 nitrogen and oxygen atoms in total. The summed E-state index contributed by atoms with van der Waals surface area (Å²) in [5, 5.41) is 3.45. The number of nitrogens with one attached hydrogen (secondary N) is 1. The molecule has 140 valence electrons. The standard InChI is InChI=1S/C19H30N4O.HI/c1-3-20-18(21-14-19(2)15-24-16-19)23-11-9-22(10-12-23)13-17-7-5-4-6-8-17;/h4-8H,3,9-16H2,1-2H3,(H,20,21);1H. The molecule has 6 heteroatoms. The number of hydrogen-bond donors (Lipinski definition) is 1. The molecule has 0 aromatic heterocycles. The van der Waals surface area contributed by atoms with E-state index in [1.807, 2.05) is 0 Å². The van der Waals surface area contributed by atoms with E-state index in [9.17, 15) is 0 Å². The predicted molar refractivity (Wildman–Crippen MR) is 114 cm³/mol. The van der Waals surface area contributed by atoms with Gasteiger partial charge in [-0.2, -0.15) is 0 Å². The molecule has 0 saturated carbocycles. The summed E-state index contributed by atoms with van der Waals surface area (Å²) < 4.78 is 5.34. The first-order valence-electron chi connectivity index (χ1n) is 9.06. The van der Waals surface area contributed by atoms with E-state index in [0.29, 0.717) is 0 Å². The molecule has 25 heavy (non-hydrogen) atoms. The second-order valence-electron chi connectivity index (χ2n) is 7.22. The average molecular weight is 458 g/mol. The maximum atomic E-state index is 5.34. The van der Waals surface area contributed by atoms with Crippen LogP contribution in [-0.2, 0) is 11.3 Å². The van der Waals surface area contributed by atoms with Crippen molar-refractivity contribution in [1.82, 2.24) is 15.1 Å². The van der Waals surface area contributed by atoms with Crippen LogP contribution in [0.1, 0.15) is 19.4 Å². The molecular formula is C19H31IN4O. The van der Waals surface area contributed by atoms with Gasteiger partial charge in [-0.25, -0.2) is 0 Å². The van der Waals surface area contributed by atoms with E-state index in [0.717, 1.165) is 65.0 Å². The van der Waals surface area contributed by atoms with Crippen LogP contribution < -0.4 is 5.32 Å². The van der Waals surface area contributed by atoms with Crippen LogP contribution in [0.5, 0.6) is 0 Å². The Morgan fingerprint density at radius 3 is 2.40 bits per heavy atom. The Hall–Kier alpha value is -0.860. The Morgan fingerprint density at radius 1 is 1.16 bits per heavy atom. The van der Waals surface area contributed by atoms with Crippen molar-refractivity contribution < 1.29 is 4.74 Å². The summed E-state index contributed by atoms with van der Waals surface area (Å²) in [5.41, 5.74) is 1.62. The van der Waals surface area contributed by atoms with Gasteiger partial charge in [-0.05, 0) is 12.5 Å². The van der Waals surface area contributed by atoms with Crippen molar-refractivity contribution in [2.75, 3.05) is 52.5 Å². The van der Waals surface area contributed by atoms with Gasteiger partial charge < -0.3 is 15.0 Å². The summed E-state index contributed by atoms with van der Waals surface area (Å²) in [6.45, 7) is 13.1. The summed E-state index contributed by atoms with van der Waals surface area (Å²) in [5.74, 6) is 1.06. The van der Waals surface area contributed by atoms with Crippen molar-refractivity contribution in [1.29, 1.82) is 0 Å². The van der Waals surface area contributed by atoms with E-state index in [4.69, 9.17) is 9.73 Å². The third kappa shape index (κ3) is 5.82. The Kier molecular flexibility index (Phi) is 7.96. The molecule has 2 fully saturated rings. The van der Waals surface area contributed by atoms with Gasteiger partial charge in [0.15, 0.2) is 5.96 Å². The minimum atomic E-state index is 0. The predicted octanol–water partition coefficient (Wildman–Crippen LogP) is 2.42. The normalized spacial score (nSPS) is 20.6. The third-order valence-corrected chi connectivity index (χ3v) is 4.77. The lowest BCUT2D eigenvalue weighted by Gasteiger charge is -2.39. The summed E-state index contributed by atoms with van der Waals surface area (Å²) >= 11 is 0. The molecule has 2 aliphatic heterocycles. The van der Waals surface area contributed by atoms with E-state index >= 15 is 0 Å². The molecule has 0 spiro atoms. The van der Waals surface area contributed by atoms with Gasteiger partial charge in [0.05, 0.1) is 19.8 Å². The zero-order valence-electron chi connectivity index (χ0n) is 15.4. The highest BCUT2D eigenvalue weighted by Crippen LogP contribution is 2.26. The number of aliphatic imine (C=N–C) groups is 1. The molecule has 0 bridgehead atoms. The zero-order chi connectivity index (χ0) is 16.8. The quantitative estimate of drug-likeness (QED) is 0.418. The molecule has 1 aromatic rings. The van der Waals surface area contributed by atoms with Gasteiger partial charge in [-0.1, -0.05) is 37.3 Å². The van der Waals surface area contributed by atoms with Gasteiger partial charge in [0.1, 0.15) is 0 Å². The Morgan fingerprint density at radius 2 is 1.84 bits per heavy atom. The van der Waals surface area contributed by atoms with Crippen LogP contribution in [0.25, 0.3) is 0 Å². The van der Waals surface area contributed by atoms with E-state index < -0.39 is 0 Å². The molecule has 3 rings (SSSR count). The summed E-state index contributed by atoms with van der Waals surface area (Å²) in [4.78, 5) is 9.79. The first kappa shape index (κ1) is 20.5. The number of piperazine rings is 1. The summed E-state index contributed by atoms with van der Waals surface area (Å²) in [6, 6.07) is 10.7. The maximum Gasteiger partial charge on any atom is 0.194 e. The second kappa shape index (κ2) is 9.73. The Balaban J connectivity index is 0.00000225. The molecule has 0 unspecified atom stereocenters. The fraction of sp³-hybridized carbons (Fsp3) is 0.632. The van der Waals surface area contributed by atoms with Gasteiger partial charge in [-0.15, -0.1) is 24.0 Å². The smallest absolute Gasteiger partial charge is 0.194 e. The van der Waals surface area contributed by atoms with E-state index in [2.05, 4.69) is 59.3 Å². The highest BCUT2D eigenvalue weighted by molar-refractivity contribution is 14.0. The SMILES string of the molecule is CCNC(=NCC1(C)COC1)N1CCN(Cc2ccccc2)CC1.I. The van der Waals surface area contributed by atoms with E-state index in [-0.39, 0.29) is 29.4 Å². The lowest BCUT2D eigenvalue weighted by molar-refractivity contribution is -0.0946. The summed E-state index contributed by atoms with van der Waals surface area (Å²) in [7, 11) is 0. The van der Waals surface area contributed by atoms with Gasteiger partial charge in [0.2, 0.25) is 0 Å². The van der Waals surface area contributed by atoms with Crippen LogP contribution in [0, 0.1) is 5.41 Å². The highest BCUT2D eigenvalue weighted by atomic mass is 127. The number of hydrogen-bond acceptors (Lipinski definition) is 3. The lowest BCUT2D eigenvalue weighted by Crippen LogP contribution is -2.52. The first-order valence-corrected chi connectivity index (χ1v) is 9.06. The minimum Gasteiger partial charge on any atom is -0.380 e. The molecule has 0 atom stereocenters. The molecular weight excluding hydrogens is 427 g/mol. The van der Waals surface area contributed by atoms with Gasteiger partial charge in [0.25, 0.3) is 0 Å². The molecule has 0 amide bonds. The number of benzene rings is 1. The first-order chi connectivity index (χ1) is 11.7. The van der Waals surface area contributed by atoms with Crippen molar-refractivity contribution in [2.24, 2.45) is 10.4 Å². The zero-order valence-corrected chi connectivity index (χ0v) is 17.7. The van der Waals surface area contributed by atoms with Crippen LogP contribution in [0.15, 0.2) is 35.3 Å². The Bertz CT molecular complexity index is 540.